The zero-order valence-electron chi connectivity index (χ0n) is 9.39. The molecule has 88 valence electrons. The summed E-state index contributed by atoms with van der Waals surface area (Å²) in [6, 6.07) is 6.98. The number of carboxylic acids is 1. The summed E-state index contributed by atoms with van der Waals surface area (Å²) in [5, 5.41) is 14.8. The Bertz CT molecular complexity index is 559. The van der Waals surface area contributed by atoms with Crippen molar-refractivity contribution in [3.63, 3.8) is 0 Å². The van der Waals surface area contributed by atoms with Crippen LogP contribution in [0.4, 0.5) is 0 Å². The summed E-state index contributed by atoms with van der Waals surface area (Å²) in [5.41, 5.74) is 0.737. The number of carbonyl (C=O) groups is 1. The molecule has 0 aliphatic carbocycles. The quantitative estimate of drug-likeness (QED) is 0.789. The molecule has 0 unspecified atom stereocenters. The van der Waals surface area contributed by atoms with Crippen molar-refractivity contribution in [2.75, 3.05) is 7.11 Å². The second kappa shape index (κ2) is 4.29. The number of aromatic carboxylic acids is 1. The number of rotatable bonds is 3. The van der Waals surface area contributed by atoms with Gasteiger partial charge in [-0.25, -0.2) is 0 Å². The average Bonchev–Trinajstić information content (AvgIpc) is 2.71. The molecule has 2 rings (SSSR count). The number of aromatic nitrogens is 1. The summed E-state index contributed by atoms with van der Waals surface area (Å²) in [6.07, 6.45) is 0. The molecule has 0 bridgehead atoms. The number of para-hydroxylation sites is 1. The van der Waals surface area contributed by atoms with Gasteiger partial charge in [0.2, 0.25) is 0 Å². The Kier molecular flexibility index (Phi) is 2.82. The molecule has 0 fully saturated rings. The van der Waals surface area contributed by atoms with Gasteiger partial charge in [-0.15, -0.1) is 0 Å². The Morgan fingerprint density at radius 2 is 2.12 bits per heavy atom. The summed E-state index contributed by atoms with van der Waals surface area (Å²) in [4.78, 5) is 11.0. The SMILES string of the molecule is COc1ccccc1-c1noc(C)c1C(=O)[O-]. The van der Waals surface area contributed by atoms with E-state index in [1.165, 1.54) is 14.0 Å². The Balaban J connectivity index is 2.65. The van der Waals surface area contributed by atoms with E-state index in [-0.39, 0.29) is 17.0 Å². The van der Waals surface area contributed by atoms with Gasteiger partial charge in [-0.1, -0.05) is 17.3 Å². The lowest BCUT2D eigenvalue weighted by Gasteiger charge is -2.07. The Morgan fingerprint density at radius 3 is 2.76 bits per heavy atom. The van der Waals surface area contributed by atoms with Crippen molar-refractivity contribution in [1.29, 1.82) is 0 Å². The topological polar surface area (TPSA) is 75.4 Å². The molecule has 0 radical (unpaired) electrons. The molecule has 0 amide bonds. The fourth-order valence-electron chi connectivity index (χ4n) is 1.64. The van der Waals surface area contributed by atoms with Crippen LogP contribution in [0.25, 0.3) is 11.3 Å². The Morgan fingerprint density at radius 1 is 1.41 bits per heavy atom. The minimum Gasteiger partial charge on any atom is -0.545 e. The molecule has 1 heterocycles. The lowest BCUT2D eigenvalue weighted by Crippen LogP contribution is -2.23. The second-order valence-corrected chi connectivity index (χ2v) is 3.45. The van der Waals surface area contributed by atoms with Crippen LogP contribution in [0.1, 0.15) is 16.1 Å². The first kappa shape index (κ1) is 11.2. The van der Waals surface area contributed by atoms with Crippen molar-refractivity contribution in [1.82, 2.24) is 5.16 Å². The van der Waals surface area contributed by atoms with Crippen LogP contribution in [0.3, 0.4) is 0 Å². The van der Waals surface area contributed by atoms with E-state index >= 15 is 0 Å². The van der Waals surface area contributed by atoms with E-state index in [1.807, 2.05) is 0 Å². The molecule has 5 nitrogen and oxygen atoms in total. The van der Waals surface area contributed by atoms with Crippen molar-refractivity contribution >= 4 is 5.97 Å². The van der Waals surface area contributed by atoms with Crippen LogP contribution in [-0.4, -0.2) is 18.2 Å². The van der Waals surface area contributed by atoms with Gasteiger partial charge in [0.1, 0.15) is 17.2 Å². The second-order valence-electron chi connectivity index (χ2n) is 3.45. The highest BCUT2D eigenvalue weighted by atomic mass is 16.5. The first-order chi connectivity index (χ1) is 8.15. The Labute approximate surface area is 97.6 Å². The van der Waals surface area contributed by atoms with Crippen LogP contribution in [-0.2, 0) is 0 Å². The van der Waals surface area contributed by atoms with E-state index in [0.717, 1.165) is 0 Å². The fourth-order valence-corrected chi connectivity index (χ4v) is 1.64. The Hall–Kier alpha value is -2.30. The highest BCUT2D eigenvalue weighted by molar-refractivity contribution is 5.95. The highest BCUT2D eigenvalue weighted by Crippen LogP contribution is 2.32. The molecule has 0 N–H and O–H groups in total. The number of aryl methyl sites for hydroxylation is 1. The van der Waals surface area contributed by atoms with Crippen LogP contribution in [0.2, 0.25) is 0 Å². The number of hydrogen-bond donors (Lipinski definition) is 0. The van der Waals surface area contributed by atoms with E-state index in [2.05, 4.69) is 5.16 Å². The molecular formula is C12H10NO4-. The molecule has 0 saturated heterocycles. The number of carbonyl (C=O) groups excluding carboxylic acids is 1. The summed E-state index contributed by atoms with van der Waals surface area (Å²) in [5.74, 6) is -0.570. The third-order valence-electron chi connectivity index (χ3n) is 2.43. The molecule has 1 aromatic carbocycles. The van der Waals surface area contributed by atoms with E-state index in [0.29, 0.717) is 11.3 Å². The number of hydrogen-bond acceptors (Lipinski definition) is 5. The van der Waals surface area contributed by atoms with Crippen molar-refractivity contribution in [2.45, 2.75) is 6.92 Å². The molecular weight excluding hydrogens is 222 g/mol. The van der Waals surface area contributed by atoms with Crippen LogP contribution >= 0.6 is 0 Å². The normalized spacial score (nSPS) is 10.2. The standard InChI is InChI=1S/C12H11NO4/c1-7-10(12(14)15)11(13-17-7)8-5-3-4-6-9(8)16-2/h3-6H,1-2H3,(H,14,15)/p-1. The van der Waals surface area contributed by atoms with Gasteiger partial charge in [0.15, 0.2) is 0 Å². The van der Waals surface area contributed by atoms with Crippen molar-refractivity contribution < 1.29 is 19.2 Å². The van der Waals surface area contributed by atoms with Crippen LogP contribution in [0.5, 0.6) is 5.75 Å². The van der Waals surface area contributed by atoms with Gasteiger partial charge in [-0.2, -0.15) is 0 Å². The van der Waals surface area contributed by atoms with Gasteiger partial charge in [0, 0.05) is 5.56 Å². The first-order valence-corrected chi connectivity index (χ1v) is 4.96. The zero-order chi connectivity index (χ0) is 12.4. The van der Waals surface area contributed by atoms with Crippen LogP contribution in [0, 0.1) is 6.92 Å². The monoisotopic (exact) mass is 232 g/mol. The molecule has 0 atom stereocenters. The summed E-state index contributed by atoms with van der Waals surface area (Å²) in [6.45, 7) is 1.52. The van der Waals surface area contributed by atoms with Gasteiger partial charge in [0.05, 0.1) is 18.6 Å². The number of benzene rings is 1. The summed E-state index contributed by atoms with van der Waals surface area (Å²) < 4.78 is 10.0. The lowest BCUT2D eigenvalue weighted by atomic mass is 10.1. The maximum absolute atomic E-state index is 11.0. The third-order valence-corrected chi connectivity index (χ3v) is 2.43. The van der Waals surface area contributed by atoms with Gasteiger partial charge in [-0.3, -0.25) is 0 Å². The number of ether oxygens (including phenoxy) is 1. The van der Waals surface area contributed by atoms with Crippen LogP contribution in [0.15, 0.2) is 28.8 Å². The van der Waals surface area contributed by atoms with E-state index < -0.39 is 5.97 Å². The minimum absolute atomic E-state index is 0.0468. The molecule has 2 aromatic rings. The summed E-state index contributed by atoms with van der Waals surface area (Å²) in [7, 11) is 1.50. The molecule has 0 spiro atoms. The van der Waals surface area contributed by atoms with Crippen molar-refractivity contribution in [2.24, 2.45) is 0 Å². The van der Waals surface area contributed by atoms with E-state index in [9.17, 15) is 9.90 Å². The van der Waals surface area contributed by atoms with Gasteiger partial charge >= 0.3 is 0 Å². The molecule has 0 aliphatic rings. The van der Waals surface area contributed by atoms with Gasteiger partial charge in [0.25, 0.3) is 0 Å². The predicted molar refractivity (Wildman–Crippen MR) is 57.6 cm³/mol. The number of methoxy groups -OCH3 is 1. The summed E-state index contributed by atoms with van der Waals surface area (Å²) >= 11 is 0. The van der Waals surface area contributed by atoms with Gasteiger partial charge < -0.3 is 19.2 Å². The third kappa shape index (κ3) is 1.87. The fraction of sp³-hybridized carbons (Fsp3) is 0.167. The number of carboxylic acid groups (broad SMARTS) is 1. The highest BCUT2D eigenvalue weighted by Gasteiger charge is 2.18. The average molecular weight is 232 g/mol. The largest absolute Gasteiger partial charge is 0.545 e. The molecule has 1 aromatic heterocycles. The minimum atomic E-state index is -1.32. The van der Waals surface area contributed by atoms with E-state index in [1.54, 1.807) is 24.3 Å². The van der Waals surface area contributed by atoms with Crippen molar-refractivity contribution in [3.05, 3.63) is 35.6 Å². The van der Waals surface area contributed by atoms with Gasteiger partial charge in [-0.05, 0) is 19.1 Å². The van der Waals surface area contributed by atoms with Crippen molar-refractivity contribution in [3.8, 4) is 17.0 Å². The maximum atomic E-state index is 11.0. The van der Waals surface area contributed by atoms with E-state index in [4.69, 9.17) is 9.26 Å². The molecule has 17 heavy (non-hydrogen) atoms. The molecule has 0 saturated carbocycles. The predicted octanol–water partition coefficient (Wildman–Crippen LogP) is 1.02. The molecule has 0 aliphatic heterocycles. The maximum Gasteiger partial charge on any atom is 0.143 e. The number of nitrogens with zero attached hydrogens (tertiary/aromatic N) is 1. The first-order valence-electron chi connectivity index (χ1n) is 4.96. The molecule has 5 heteroatoms. The van der Waals surface area contributed by atoms with Crippen LogP contribution < -0.4 is 9.84 Å². The zero-order valence-corrected chi connectivity index (χ0v) is 9.39. The smallest absolute Gasteiger partial charge is 0.143 e. The lowest BCUT2D eigenvalue weighted by molar-refractivity contribution is -0.255.